The molecule has 0 spiro atoms. The normalized spacial score (nSPS) is 11.3. The second-order valence-corrected chi connectivity index (χ2v) is 7.12. The average molecular weight is 397 g/mol. The number of hydrogen-bond donors (Lipinski definition) is 2. The maximum Gasteiger partial charge on any atom is 0.263 e. The van der Waals surface area contributed by atoms with Gasteiger partial charge in [0.25, 0.3) is 10.0 Å². The molecule has 2 rings (SSSR count). The minimum Gasteiger partial charge on any atom is -0.382 e. The van der Waals surface area contributed by atoms with Gasteiger partial charge in [0.15, 0.2) is 0 Å². The van der Waals surface area contributed by atoms with Gasteiger partial charge in [-0.3, -0.25) is 4.72 Å². The Labute approximate surface area is 134 Å². The van der Waals surface area contributed by atoms with E-state index in [1.54, 1.807) is 12.1 Å². The molecule has 0 fully saturated rings. The van der Waals surface area contributed by atoms with Crippen molar-refractivity contribution in [3.05, 3.63) is 45.0 Å². The molecule has 0 saturated heterocycles. The number of sulfonamides is 1. The van der Waals surface area contributed by atoms with Crippen LogP contribution in [-0.4, -0.2) is 13.4 Å². The number of nitrogen functional groups attached to an aromatic ring is 1. The standard InChI is InChI=1S/C11H8BrCl2N3O2S/c12-8-3-6(1-2-9(8)13)17-20(18,19)7-4-10(14)11(15)16-5-7/h1-5,17H,(H2,15,16). The Balaban J connectivity index is 2.35. The van der Waals surface area contributed by atoms with Crippen molar-refractivity contribution in [1.82, 2.24) is 4.98 Å². The highest BCUT2D eigenvalue weighted by Gasteiger charge is 2.16. The van der Waals surface area contributed by atoms with E-state index in [9.17, 15) is 8.42 Å². The van der Waals surface area contributed by atoms with Crippen LogP contribution in [0.3, 0.4) is 0 Å². The molecule has 9 heteroatoms. The third-order valence-electron chi connectivity index (χ3n) is 2.33. The van der Waals surface area contributed by atoms with E-state index in [-0.39, 0.29) is 15.7 Å². The molecule has 106 valence electrons. The fraction of sp³-hybridized carbons (Fsp3) is 0. The summed E-state index contributed by atoms with van der Waals surface area (Å²) in [6.07, 6.45) is 1.13. The molecule has 0 aliphatic rings. The first kappa shape index (κ1) is 15.4. The van der Waals surface area contributed by atoms with Gasteiger partial charge in [-0.05, 0) is 40.2 Å². The van der Waals surface area contributed by atoms with E-state index in [2.05, 4.69) is 25.6 Å². The Bertz CT molecular complexity index is 768. The van der Waals surface area contributed by atoms with Crippen molar-refractivity contribution in [2.45, 2.75) is 4.90 Å². The summed E-state index contributed by atoms with van der Waals surface area (Å²) < 4.78 is 27.3. The van der Waals surface area contributed by atoms with Gasteiger partial charge in [-0.1, -0.05) is 23.2 Å². The lowest BCUT2D eigenvalue weighted by Crippen LogP contribution is -2.13. The van der Waals surface area contributed by atoms with Gasteiger partial charge in [-0.25, -0.2) is 13.4 Å². The van der Waals surface area contributed by atoms with Crippen LogP contribution in [0.25, 0.3) is 0 Å². The van der Waals surface area contributed by atoms with E-state index in [0.29, 0.717) is 15.2 Å². The SMILES string of the molecule is Nc1ncc(S(=O)(=O)Nc2ccc(Cl)c(Br)c2)cc1Cl. The summed E-state index contributed by atoms with van der Waals surface area (Å²) in [6.45, 7) is 0. The Morgan fingerprint density at radius 2 is 1.90 bits per heavy atom. The fourth-order valence-corrected chi connectivity index (χ4v) is 3.10. The Morgan fingerprint density at radius 3 is 2.50 bits per heavy atom. The summed E-state index contributed by atoms with van der Waals surface area (Å²) >= 11 is 14.8. The number of pyridine rings is 1. The second kappa shape index (κ2) is 5.77. The number of aromatic nitrogens is 1. The summed E-state index contributed by atoms with van der Waals surface area (Å²) in [5.41, 5.74) is 5.80. The average Bonchev–Trinajstić information content (AvgIpc) is 2.37. The molecule has 1 aromatic heterocycles. The largest absolute Gasteiger partial charge is 0.382 e. The highest BCUT2D eigenvalue weighted by Crippen LogP contribution is 2.27. The molecule has 20 heavy (non-hydrogen) atoms. The number of hydrogen-bond acceptors (Lipinski definition) is 4. The van der Waals surface area contributed by atoms with Crippen LogP contribution in [-0.2, 0) is 10.0 Å². The Kier molecular flexibility index (Phi) is 4.43. The summed E-state index contributed by atoms with van der Waals surface area (Å²) in [7, 11) is -3.80. The topological polar surface area (TPSA) is 85.1 Å². The zero-order valence-electron chi connectivity index (χ0n) is 9.77. The number of halogens is 3. The van der Waals surface area contributed by atoms with E-state index in [1.807, 2.05) is 0 Å². The van der Waals surface area contributed by atoms with Gasteiger partial charge in [-0.15, -0.1) is 0 Å². The van der Waals surface area contributed by atoms with Gasteiger partial charge in [0, 0.05) is 10.7 Å². The summed E-state index contributed by atoms with van der Waals surface area (Å²) in [5.74, 6) is 0.0693. The molecule has 1 aromatic carbocycles. The first-order chi connectivity index (χ1) is 9.29. The Hall–Kier alpha value is -1.02. The fourth-order valence-electron chi connectivity index (χ4n) is 1.35. The number of rotatable bonds is 3. The predicted octanol–water partition coefficient (Wildman–Crippen LogP) is 3.53. The van der Waals surface area contributed by atoms with Crippen molar-refractivity contribution in [3.63, 3.8) is 0 Å². The van der Waals surface area contributed by atoms with Gasteiger partial charge < -0.3 is 5.73 Å². The van der Waals surface area contributed by atoms with Crippen LogP contribution in [0.4, 0.5) is 11.5 Å². The first-order valence-electron chi connectivity index (χ1n) is 5.18. The number of anilines is 2. The van der Waals surface area contributed by atoms with Crippen molar-refractivity contribution in [3.8, 4) is 0 Å². The number of benzene rings is 1. The molecule has 0 aliphatic heterocycles. The van der Waals surface area contributed by atoms with E-state index < -0.39 is 10.0 Å². The lowest BCUT2D eigenvalue weighted by atomic mass is 10.3. The molecule has 0 amide bonds. The smallest absolute Gasteiger partial charge is 0.263 e. The molecule has 5 nitrogen and oxygen atoms in total. The molecular weight excluding hydrogens is 389 g/mol. The molecule has 0 aliphatic carbocycles. The van der Waals surface area contributed by atoms with Crippen LogP contribution in [0.15, 0.2) is 39.8 Å². The van der Waals surface area contributed by atoms with E-state index in [4.69, 9.17) is 28.9 Å². The van der Waals surface area contributed by atoms with Crippen LogP contribution in [0, 0.1) is 0 Å². The summed E-state index contributed by atoms with van der Waals surface area (Å²) in [4.78, 5) is 3.63. The monoisotopic (exact) mass is 395 g/mol. The van der Waals surface area contributed by atoms with Crippen molar-refractivity contribution in [1.29, 1.82) is 0 Å². The van der Waals surface area contributed by atoms with Crippen LogP contribution >= 0.6 is 39.1 Å². The summed E-state index contributed by atoms with van der Waals surface area (Å²) in [6, 6.07) is 5.89. The van der Waals surface area contributed by atoms with Crippen LogP contribution < -0.4 is 10.5 Å². The zero-order chi connectivity index (χ0) is 14.9. The van der Waals surface area contributed by atoms with E-state index in [0.717, 1.165) is 6.20 Å². The molecule has 2 aromatic rings. The molecule has 0 radical (unpaired) electrons. The maximum absolute atomic E-state index is 12.2. The van der Waals surface area contributed by atoms with Gasteiger partial charge in [0.2, 0.25) is 0 Å². The third-order valence-corrected chi connectivity index (χ3v) is 5.19. The minimum absolute atomic E-state index is 0.0693. The van der Waals surface area contributed by atoms with Crippen molar-refractivity contribution in [2.75, 3.05) is 10.5 Å². The highest BCUT2D eigenvalue weighted by atomic mass is 79.9. The van der Waals surface area contributed by atoms with Gasteiger partial charge >= 0.3 is 0 Å². The number of nitrogens with one attached hydrogen (secondary N) is 1. The highest BCUT2D eigenvalue weighted by molar-refractivity contribution is 9.10. The molecule has 1 heterocycles. The van der Waals surface area contributed by atoms with Crippen LogP contribution in [0.1, 0.15) is 0 Å². The molecule has 0 atom stereocenters. The van der Waals surface area contributed by atoms with Gasteiger partial charge in [0.1, 0.15) is 10.7 Å². The Morgan fingerprint density at radius 1 is 1.20 bits per heavy atom. The number of nitrogens with zero attached hydrogens (tertiary/aromatic N) is 1. The lowest BCUT2D eigenvalue weighted by molar-refractivity contribution is 0.601. The van der Waals surface area contributed by atoms with Gasteiger partial charge in [0.05, 0.1) is 15.7 Å². The molecule has 0 unspecified atom stereocenters. The van der Waals surface area contributed by atoms with Gasteiger partial charge in [-0.2, -0.15) is 0 Å². The lowest BCUT2D eigenvalue weighted by Gasteiger charge is -2.09. The van der Waals surface area contributed by atoms with Crippen LogP contribution in [0.2, 0.25) is 10.0 Å². The first-order valence-corrected chi connectivity index (χ1v) is 8.22. The molecule has 3 N–H and O–H groups in total. The summed E-state index contributed by atoms with van der Waals surface area (Å²) in [5, 5.41) is 0.551. The van der Waals surface area contributed by atoms with Crippen molar-refractivity contribution < 1.29 is 8.42 Å². The van der Waals surface area contributed by atoms with E-state index in [1.165, 1.54) is 12.1 Å². The molecule has 0 bridgehead atoms. The molecular formula is C11H8BrCl2N3O2S. The predicted molar refractivity (Wildman–Crippen MR) is 83.6 cm³/mol. The number of nitrogens with two attached hydrogens (primary N) is 1. The zero-order valence-corrected chi connectivity index (χ0v) is 13.7. The molecule has 0 saturated carbocycles. The minimum atomic E-state index is -3.80. The maximum atomic E-state index is 12.2. The van der Waals surface area contributed by atoms with Crippen molar-refractivity contribution >= 4 is 60.7 Å². The third kappa shape index (κ3) is 3.35. The second-order valence-electron chi connectivity index (χ2n) is 3.77. The van der Waals surface area contributed by atoms with Crippen LogP contribution in [0.5, 0.6) is 0 Å². The van der Waals surface area contributed by atoms with E-state index >= 15 is 0 Å². The van der Waals surface area contributed by atoms with Crippen molar-refractivity contribution in [2.24, 2.45) is 0 Å². The quantitative estimate of drug-likeness (QED) is 0.830.